The Bertz CT molecular complexity index is 942. The molecule has 1 aromatic rings. The summed E-state index contributed by atoms with van der Waals surface area (Å²) in [4.78, 5) is 54.8. The normalized spacial score (nSPS) is 23.4. The van der Waals surface area contributed by atoms with Gasteiger partial charge in [0.1, 0.15) is 18.3 Å². The van der Waals surface area contributed by atoms with Crippen LogP contribution in [0.25, 0.3) is 0 Å². The SMILES string of the molecule is CCOC(=O)CNCC(=O)OCC.NP(=O)(O)OC[C@H]1O[C@@H](n2ccc(=O)[nH]c2=O)[C@H](O)[C@@H]1O. The zero-order valence-electron chi connectivity index (χ0n) is 18.5. The quantitative estimate of drug-likeness (QED) is 0.135. The van der Waals surface area contributed by atoms with Crippen LogP contribution in [0.5, 0.6) is 0 Å². The minimum atomic E-state index is -4.26. The van der Waals surface area contributed by atoms with Crippen LogP contribution in [0.4, 0.5) is 0 Å². The summed E-state index contributed by atoms with van der Waals surface area (Å²) in [7, 11) is -4.26. The Morgan fingerprint density at radius 1 is 1.18 bits per heavy atom. The average Bonchev–Trinajstić information content (AvgIpc) is 3.01. The average molecular weight is 512 g/mol. The minimum absolute atomic E-state index is 0.0344. The largest absolute Gasteiger partial charge is 0.465 e. The van der Waals surface area contributed by atoms with E-state index in [1.807, 2.05) is 4.98 Å². The van der Waals surface area contributed by atoms with E-state index in [1.54, 1.807) is 13.8 Å². The lowest BCUT2D eigenvalue weighted by molar-refractivity contribution is -0.143. The number of aromatic amines is 1. The first kappa shape index (κ1) is 29.6. The van der Waals surface area contributed by atoms with E-state index in [0.29, 0.717) is 13.2 Å². The highest BCUT2D eigenvalue weighted by Gasteiger charge is 2.44. The van der Waals surface area contributed by atoms with Crippen molar-refractivity contribution in [3.8, 4) is 0 Å². The fourth-order valence-corrected chi connectivity index (χ4v) is 2.96. The molecule has 7 N–H and O–H groups in total. The lowest BCUT2D eigenvalue weighted by Crippen LogP contribution is -2.37. The molecule has 1 unspecified atom stereocenters. The molecule has 1 aromatic heterocycles. The topological polar surface area (TPSA) is 242 Å². The van der Waals surface area contributed by atoms with E-state index in [4.69, 9.17) is 15.1 Å². The van der Waals surface area contributed by atoms with Crippen molar-refractivity contribution in [3.05, 3.63) is 33.1 Å². The maximum atomic E-state index is 11.6. The van der Waals surface area contributed by atoms with Crippen molar-refractivity contribution in [1.82, 2.24) is 14.9 Å². The first-order chi connectivity index (χ1) is 15.9. The minimum Gasteiger partial charge on any atom is -0.465 e. The van der Waals surface area contributed by atoms with Gasteiger partial charge in [-0.1, -0.05) is 0 Å². The van der Waals surface area contributed by atoms with Crippen LogP contribution >= 0.6 is 7.75 Å². The molecule has 0 aliphatic carbocycles. The van der Waals surface area contributed by atoms with Gasteiger partial charge < -0.3 is 29.3 Å². The van der Waals surface area contributed by atoms with E-state index in [2.05, 4.69) is 19.3 Å². The maximum Gasteiger partial charge on any atom is 0.400 e. The van der Waals surface area contributed by atoms with E-state index in [-0.39, 0.29) is 25.0 Å². The number of nitrogens with one attached hydrogen (secondary N) is 2. The van der Waals surface area contributed by atoms with Crippen LogP contribution in [0.3, 0.4) is 0 Å². The van der Waals surface area contributed by atoms with Gasteiger partial charge in [-0.2, -0.15) is 0 Å². The predicted molar refractivity (Wildman–Crippen MR) is 113 cm³/mol. The molecule has 0 saturated carbocycles. The van der Waals surface area contributed by atoms with Crippen LogP contribution in [0, 0.1) is 0 Å². The van der Waals surface area contributed by atoms with Crippen molar-refractivity contribution in [3.63, 3.8) is 0 Å². The number of hydrogen-bond donors (Lipinski definition) is 6. The highest BCUT2D eigenvalue weighted by Crippen LogP contribution is 2.35. The molecule has 1 fully saturated rings. The number of aromatic nitrogens is 2. The fourth-order valence-electron chi connectivity index (χ4n) is 2.60. The van der Waals surface area contributed by atoms with Crippen LogP contribution in [-0.2, 0) is 32.9 Å². The summed E-state index contributed by atoms with van der Waals surface area (Å²) < 4.78 is 30.6. The molecule has 1 aliphatic heterocycles. The molecule has 194 valence electrons. The Hall–Kier alpha value is -2.43. The standard InChI is InChI=1S/C9H14N3O8P.C8H15NO4/c10-21(17,18)19-3-4-6(14)7(15)8(20-4)12-2-1-5(13)11-9(12)16;1-3-12-7(10)5-9-6-8(11)13-4-2/h1-2,4,6-8,14-15H,3H2,(H3,10,17,18)(H,11,13,16);9H,3-6H2,1-2H3/t4-,6-,7-,8-;/m1./s1. The summed E-state index contributed by atoms with van der Waals surface area (Å²) in [6.45, 7) is 3.66. The second-order valence-corrected chi connectivity index (χ2v) is 8.02. The highest BCUT2D eigenvalue weighted by atomic mass is 31.2. The van der Waals surface area contributed by atoms with Gasteiger partial charge in [-0.3, -0.25) is 33.8 Å². The van der Waals surface area contributed by atoms with Crippen molar-refractivity contribution < 1.29 is 48.0 Å². The van der Waals surface area contributed by atoms with E-state index in [9.17, 15) is 34.0 Å². The molecule has 0 radical (unpaired) electrons. The van der Waals surface area contributed by atoms with Gasteiger partial charge in [0.05, 0.1) is 32.9 Å². The molecule has 0 amide bonds. The van der Waals surface area contributed by atoms with Crippen LogP contribution in [-0.4, -0.2) is 87.8 Å². The number of carbonyl (C=O) groups excluding carboxylic acids is 2. The Morgan fingerprint density at radius 2 is 1.74 bits per heavy atom. The maximum absolute atomic E-state index is 11.6. The number of aliphatic hydroxyl groups is 2. The number of nitrogens with zero attached hydrogens (tertiary/aromatic N) is 1. The van der Waals surface area contributed by atoms with Gasteiger partial charge in [0, 0.05) is 12.3 Å². The first-order valence-corrected chi connectivity index (χ1v) is 11.6. The van der Waals surface area contributed by atoms with E-state index < -0.39 is 50.1 Å². The summed E-state index contributed by atoms with van der Waals surface area (Å²) in [6, 6.07) is 1.04. The van der Waals surface area contributed by atoms with E-state index in [1.165, 1.54) is 0 Å². The molecule has 16 nitrogen and oxygen atoms in total. The molecule has 0 aromatic carbocycles. The zero-order valence-corrected chi connectivity index (χ0v) is 19.4. The Morgan fingerprint density at radius 3 is 2.21 bits per heavy atom. The van der Waals surface area contributed by atoms with Crippen molar-refractivity contribution in [2.24, 2.45) is 5.50 Å². The second-order valence-electron chi connectivity index (χ2n) is 6.64. The van der Waals surface area contributed by atoms with E-state index in [0.717, 1.165) is 16.8 Å². The lowest BCUT2D eigenvalue weighted by Gasteiger charge is -2.16. The summed E-state index contributed by atoms with van der Waals surface area (Å²) in [5, 5.41) is 22.2. The monoisotopic (exact) mass is 512 g/mol. The van der Waals surface area contributed by atoms with E-state index >= 15 is 0 Å². The summed E-state index contributed by atoms with van der Waals surface area (Å²) in [5.41, 5.74) is 3.30. The third kappa shape index (κ3) is 10.2. The summed E-state index contributed by atoms with van der Waals surface area (Å²) >= 11 is 0. The third-order valence-corrected chi connectivity index (χ3v) is 4.55. The van der Waals surface area contributed by atoms with Gasteiger partial charge in [-0.15, -0.1) is 0 Å². The highest BCUT2D eigenvalue weighted by molar-refractivity contribution is 7.50. The van der Waals surface area contributed by atoms with Gasteiger partial charge >= 0.3 is 25.4 Å². The Labute approximate surface area is 193 Å². The molecule has 1 aliphatic rings. The molecular weight excluding hydrogens is 483 g/mol. The van der Waals surface area contributed by atoms with Crippen LogP contribution in [0.15, 0.2) is 21.9 Å². The predicted octanol–water partition coefficient (Wildman–Crippen LogP) is -3.07. The molecule has 1 saturated heterocycles. The molecule has 2 heterocycles. The number of rotatable bonds is 10. The van der Waals surface area contributed by atoms with Crippen molar-refractivity contribution in [1.29, 1.82) is 0 Å². The Kier molecular flexibility index (Phi) is 12.3. The van der Waals surface area contributed by atoms with Gasteiger partial charge in [0.2, 0.25) is 0 Å². The summed E-state index contributed by atoms with van der Waals surface area (Å²) in [5.74, 6) is -0.737. The van der Waals surface area contributed by atoms with Gasteiger partial charge in [-0.05, 0) is 13.8 Å². The number of esters is 2. The molecule has 5 atom stereocenters. The van der Waals surface area contributed by atoms with Gasteiger partial charge in [-0.25, -0.2) is 14.9 Å². The van der Waals surface area contributed by atoms with Gasteiger partial charge in [0.25, 0.3) is 5.56 Å². The number of carbonyl (C=O) groups is 2. The number of aliphatic hydroxyl groups excluding tert-OH is 2. The zero-order chi connectivity index (χ0) is 25.9. The number of ether oxygens (including phenoxy) is 3. The fraction of sp³-hybridized carbons (Fsp3) is 0.647. The second kappa shape index (κ2) is 14.1. The number of hydrogen-bond acceptors (Lipinski definition) is 12. The molecule has 34 heavy (non-hydrogen) atoms. The van der Waals surface area contributed by atoms with Crippen molar-refractivity contribution in [2.75, 3.05) is 32.9 Å². The van der Waals surface area contributed by atoms with Crippen LogP contribution < -0.4 is 22.1 Å². The smallest absolute Gasteiger partial charge is 0.400 e. The molecule has 2 rings (SSSR count). The first-order valence-electron chi connectivity index (χ1n) is 10.0. The van der Waals surface area contributed by atoms with Gasteiger partial charge in [0.15, 0.2) is 6.23 Å². The van der Waals surface area contributed by atoms with Crippen LogP contribution in [0.1, 0.15) is 20.1 Å². The van der Waals surface area contributed by atoms with Crippen molar-refractivity contribution >= 4 is 19.7 Å². The molecule has 0 spiro atoms. The van der Waals surface area contributed by atoms with Crippen molar-refractivity contribution in [2.45, 2.75) is 38.4 Å². The lowest BCUT2D eigenvalue weighted by atomic mass is 10.1. The molecule has 17 heteroatoms. The summed E-state index contributed by atoms with van der Waals surface area (Å²) in [6.07, 6.45) is -4.34. The van der Waals surface area contributed by atoms with Crippen LogP contribution in [0.2, 0.25) is 0 Å². The Balaban J connectivity index is 0.000000385. The molecular formula is C17H29N4O12P. The number of H-pyrrole nitrogens is 1. The number of nitrogens with two attached hydrogens (primary N) is 1. The third-order valence-electron chi connectivity index (χ3n) is 4.04. The molecule has 0 bridgehead atoms.